The van der Waals surface area contributed by atoms with Gasteiger partial charge in [-0.2, -0.15) is 26.3 Å². The van der Waals surface area contributed by atoms with Gasteiger partial charge in [0.25, 0.3) is 0 Å². The lowest BCUT2D eigenvalue weighted by Crippen LogP contribution is -2.50. The van der Waals surface area contributed by atoms with E-state index < -0.39 is 29.7 Å². The van der Waals surface area contributed by atoms with Crippen molar-refractivity contribution in [2.75, 3.05) is 33.7 Å². The number of aliphatic carboxylic acids is 2. The number of benzene rings is 2. The van der Waals surface area contributed by atoms with Crippen LogP contribution in [-0.2, 0) is 38.1 Å². The first kappa shape index (κ1) is 43.4. The van der Waals surface area contributed by atoms with Crippen LogP contribution in [0.4, 0.5) is 26.3 Å². The number of nitrogens with zero attached hydrogens (tertiary/aromatic N) is 1. The maximum Gasteiger partial charge on any atom is 0.490 e. The van der Waals surface area contributed by atoms with Gasteiger partial charge < -0.3 is 26.2 Å². The number of hydrogen-bond acceptors (Lipinski definition) is 5. The summed E-state index contributed by atoms with van der Waals surface area (Å²) in [5.41, 5.74) is 10.7. The summed E-state index contributed by atoms with van der Waals surface area (Å²) in [5, 5.41) is 17.4. The second-order valence-corrected chi connectivity index (χ2v) is 13.4. The lowest BCUT2D eigenvalue weighted by molar-refractivity contribution is -0.193. The quantitative estimate of drug-likeness (QED) is 0.241. The molecule has 0 aliphatic heterocycles. The van der Waals surface area contributed by atoms with Gasteiger partial charge in [-0.1, -0.05) is 90.1 Å². The third-order valence-corrected chi connectivity index (χ3v) is 6.93. The minimum absolute atomic E-state index is 0.0339. The predicted molar refractivity (Wildman–Crippen MR) is 168 cm³/mol. The van der Waals surface area contributed by atoms with E-state index in [9.17, 15) is 31.1 Å². The number of hydrogen-bond donors (Lipinski definition) is 4. The summed E-state index contributed by atoms with van der Waals surface area (Å²) >= 11 is 0. The van der Waals surface area contributed by atoms with Gasteiger partial charge in [0.15, 0.2) is 0 Å². The molecule has 0 saturated carbocycles. The SMILES string of the molecule is CN(C)CCNC(=O)C(CN)(Cc1ccc(C(C)(C)C)cc1)Cc1ccc(C(C)(C)C)cc1.O=C(O)C(F)(F)F.O=C(O)C(F)(F)F. The third kappa shape index (κ3) is 16.1. The van der Waals surface area contributed by atoms with Crippen molar-refractivity contribution in [2.45, 2.75) is 77.6 Å². The highest BCUT2D eigenvalue weighted by Crippen LogP contribution is 2.31. The molecule has 0 fully saturated rings. The average molecular weight is 680 g/mol. The molecule has 2 aromatic rings. The highest BCUT2D eigenvalue weighted by Gasteiger charge is 2.39. The Hall–Kier alpha value is -3.65. The van der Waals surface area contributed by atoms with Gasteiger partial charge in [-0.3, -0.25) is 4.79 Å². The number of nitrogens with two attached hydrogens (primary N) is 1. The number of amides is 1. The van der Waals surface area contributed by atoms with E-state index in [1.165, 1.54) is 11.1 Å². The Morgan fingerprint density at radius 2 is 0.979 bits per heavy atom. The molecule has 14 heteroatoms. The number of carbonyl (C=O) groups excluding carboxylic acids is 1. The zero-order valence-electron chi connectivity index (χ0n) is 28.1. The zero-order valence-corrected chi connectivity index (χ0v) is 28.1. The molecule has 5 N–H and O–H groups in total. The highest BCUT2D eigenvalue weighted by atomic mass is 19.4. The van der Waals surface area contributed by atoms with E-state index in [0.717, 1.165) is 17.7 Å². The fourth-order valence-electron chi connectivity index (χ4n) is 4.07. The van der Waals surface area contributed by atoms with Crippen molar-refractivity contribution in [1.82, 2.24) is 10.2 Å². The summed E-state index contributed by atoms with van der Waals surface area (Å²) in [6, 6.07) is 17.3. The Morgan fingerprint density at radius 3 is 1.19 bits per heavy atom. The van der Waals surface area contributed by atoms with Crippen molar-refractivity contribution in [2.24, 2.45) is 11.1 Å². The van der Waals surface area contributed by atoms with Gasteiger partial charge in [0.05, 0.1) is 5.41 Å². The van der Waals surface area contributed by atoms with E-state index in [1.807, 2.05) is 14.1 Å². The standard InChI is InChI=1S/C29H45N3O.2C2HF3O2/c1-27(2,3)24-13-9-22(10-14-24)19-29(21-30,26(33)31-17-18-32(7)8)20-23-11-15-25(16-12-23)28(4,5)6;2*3-2(4,5)1(6)7/h9-16H,17-21,30H2,1-8H3,(H,31,33);2*(H,6,7). The average Bonchev–Trinajstić information content (AvgIpc) is 2.91. The molecule has 0 aliphatic rings. The predicted octanol–water partition coefficient (Wildman–Crippen LogP) is 5.96. The maximum absolute atomic E-state index is 13.5. The van der Waals surface area contributed by atoms with Gasteiger partial charge in [-0.25, -0.2) is 9.59 Å². The summed E-state index contributed by atoms with van der Waals surface area (Å²) in [5.74, 6) is -5.48. The summed E-state index contributed by atoms with van der Waals surface area (Å²) in [4.78, 5) is 33.4. The molecular weight excluding hydrogens is 632 g/mol. The summed E-state index contributed by atoms with van der Waals surface area (Å²) in [6.45, 7) is 15.0. The molecule has 0 heterocycles. The molecule has 0 bridgehead atoms. The number of rotatable bonds is 9. The van der Waals surface area contributed by atoms with Crippen LogP contribution in [0, 0.1) is 5.41 Å². The second-order valence-electron chi connectivity index (χ2n) is 13.4. The monoisotopic (exact) mass is 679 g/mol. The molecule has 0 aromatic heterocycles. The third-order valence-electron chi connectivity index (χ3n) is 6.93. The molecule has 2 rings (SSSR count). The van der Waals surface area contributed by atoms with Gasteiger partial charge >= 0.3 is 24.3 Å². The van der Waals surface area contributed by atoms with Crippen LogP contribution >= 0.6 is 0 Å². The van der Waals surface area contributed by atoms with Crippen molar-refractivity contribution in [3.05, 3.63) is 70.8 Å². The molecule has 1 amide bonds. The van der Waals surface area contributed by atoms with E-state index in [1.54, 1.807) is 0 Å². The molecule has 0 saturated heterocycles. The van der Waals surface area contributed by atoms with Crippen molar-refractivity contribution in [3.8, 4) is 0 Å². The molecule has 47 heavy (non-hydrogen) atoms. The molecule has 0 atom stereocenters. The van der Waals surface area contributed by atoms with Gasteiger partial charge in [0.1, 0.15) is 0 Å². The van der Waals surface area contributed by atoms with E-state index in [2.05, 4.69) is 100 Å². The number of carbonyl (C=O) groups is 3. The Balaban J connectivity index is 0.00000126. The lowest BCUT2D eigenvalue weighted by atomic mass is 9.74. The van der Waals surface area contributed by atoms with E-state index in [0.29, 0.717) is 25.9 Å². The van der Waals surface area contributed by atoms with Crippen molar-refractivity contribution >= 4 is 17.8 Å². The first-order valence-electron chi connectivity index (χ1n) is 14.6. The largest absolute Gasteiger partial charge is 0.490 e. The minimum Gasteiger partial charge on any atom is -0.475 e. The first-order chi connectivity index (χ1) is 21.2. The van der Waals surface area contributed by atoms with E-state index in [-0.39, 0.29) is 16.7 Å². The van der Waals surface area contributed by atoms with Gasteiger partial charge in [0, 0.05) is 19.6 Å². The Bertz CT molecular complexity index is 1200. The molecule has 0 spiro atoms. The Kier molecular flexibility index (Phi) is 16.1. The van der Waals surface area contributed by atoms with Gasteiger partial charge in [-0.05, 0) is 60.0 Å². The maximum atomic E-state index is 13.5. The number of alkyl halides is 6. The second kappa shape index (κ2) is 17.5. The number of likely N-dealkylation sites (N-methyl/N-ethyl adjacent to an activating group) is 1. The number of nitrogens with one attached hydrogen (secondary N) is 1. The molecule has 266 valence electrons. The molecule has 0 aliphatic carbocycles. The fourth-order valence-corrected chi connectivity index (χ4v) is 4.07. The van der Waals surface area contributed by atoms with E-state index >= 15 is 0 Å². The molecule has 0 radical (unpaired) electrons. The van der Waals surface area contributed by atoms with Crippen LogP contribution in [0.3, 0.4) is 0 Å². The number of carboxylic acid groups (broad SMARTS) is 2. The summed E-state index contributed by atoms with van der Waals surface area (Å²) in [7, 11) is 4.02. The minimum atomic E-state index is -5.08. The summed E-state index contributed by atoms with van der Waals surface area (Å²) in [6.07, 6.45) is -8.94. The van der Waals surface area contributed by atoms with Crippen molar-refractivity contribution < 1.29 is 50.9 Å². The Labute approximate surface area is 272 Å². The Morgan fingerprint density at radius 1 is 0.681 bits per heavy atom. The first-order valence-corrected chi connectivity index (χ1v) is 14.6. The topological polar surface area (TPSA) is 133 Å². The number of halogens is 6. The van der Waals surface area contributed by atoms with Crippen LogP contribution in [0.15, 0.2) is 48.5 Å². The fraction of sp³-hybridized carbons (Fsp3) is 0.545. The zero-order chi connectivity index (χ0) is 37.0. The van der Waals surface area contributed by atoms with Crippen molar-refractivity contribution in [1.29, 1.82) is 0 Å². The van der Waals surface area contributed by atoms with Crippen LogP contribution in [0.5, 0.6) is 0 Å². The van der Waals surface area contributed by atoms with Crippen LogP contribution in [0.2, 0.25) is 0 Å². The van der Waals surface area contributed by atoms with Gasteiger partial charge in [0.2, 0.25) is 5.91 Å². The normalized spacial score (nSPS) is 12.3. The van der Waals surface area contributed by atoms with Crippen LogP contribution in [0.1, 0.15) is 63.8 Å². The lowest BCUT2D eigenvalue weighted by Gasteiger charge is -2.32. The van der Waals surface area contributed by atoms with Crippen molar-refractivity contribution in [3.63, 3.8) is 0 Å². The van der Waals surface area contributed by atoms with Gasteiger partial charge in [-0.15, -0.1) is 0 Å². The highest BCUT2D eigenvalue weighted by molar-refractivity contribution is 5.83. The smallest absolute Gasteiger partial charge is 0.475 e. The van der Waals surface area contributed by atoms with E-state index in [4.69, 9.17) is 25.5 Å². The molecule has 8 nitrogen and oxygen atoms in total. The molecular formula is C33H47F6N3O5. The van der Waals surface area contributed by atoms with Crippen LogP contribution in [-0.4, -0.2) is 79.0 Å². The van der Waals surface area contributed by atoms with Crippen LogP contribution < -0.4 is 11.1 Å². The summed E-state index contributed by atoms with van der Waals surface area (Å²) < 4.78 is 63.5. The molecule has 0 unspecified atom stereocenters. The van der Waals surface area contributed by atoms with Crippen LogP contribution in [0.25, 0.3) is 0 Å². The number of carboxylic acids is 2. The molecule has 2 aromatic carbocycles.